The lowest BCUT2D eigenvalue weighted by Crippen LogP contribution is -2.34. The summed E-state index contributed by atoms with van der Waals surface area (Å²) < 4.78 is 29.0. The van der Waals surface area contributed by atoms with Crippen LogP contribution in [0.15, 0.2) is 65.6 Å². The van der Waals surface area contributed by atoms with Gasteiger partial charge in [0.15, 0.2) is 0 Å². The van der Waals surface area contributed by atoms with Gasteiger partial charge in [0.25, 0.3) is 10.0 Å². The lowest BCUT2D eigenvalue weighted by atomic mass is 10.1. The molecular formula is C25H32N2O2S. The molecule has 3 aromatic rings. The Morgan fingerprint density at radius 3 is 2.13 bits per heavy atom. The highest BCUT2D eigenvalue weighted by atomic mass is 32.2. The molecule has 0 radical (unpaired) electrons. The van der Waals surface area contributed by atoms with Crippen LogP contribution in [0.5, 0.6) is 0 Å². The van der Waals surface area contributed by atoms with E-state index in [0.29, 0.717) is 11.4 Å². The number of rotatable bonds is 9. The normalized spacial score (nSPS) is 11.9. The quantitative estimate of drug-likeness (QED) is 0.463. The van der Waals surface area contributed by atoms with Crippen LogP contribution in [0.2, 0.25) is 0 Å². The van der Waals surface area contributed by atoms with Gasteiger partial charge < -0.3 is 4.90 Å². The van der Waals surface area contributed by atoms with E-state index in [1.807, 2.05) is 62.4 Å². The van der Waals surface area contributed by atoms with E-state index in [1.54, 1.807) is 16.4 Å². The van der Waals surface area contributed by atoms with Crippen LogP contribution < -0.4 is 4.31 Å². The summed E-state index contributed by atoms with van der Waals surface area (Å²) in [5, 5.41) is 1.97. The monoisotopic (exact) mass is 424 g/mol. The highest BCUT2D eigenvalue weighted by Crippen LogP contribution is 2.28. The smallest absolute Gasteiger partial charge is 0.264 e. The van der Waals surface area contributed by atoms with Gasteiger partial charge in [-0.1, -0.05) is 50.2 Å². The molecule has 0 spiro atoms. The van der Waals surface area contributed by atoms with Crippen molar-refractivity contribution >= 4 is 26.5 Å². The first-order chi connectivity index (χ1) is 14.4. The van der Waals surface area contributed by atoms with Crippen molar-refractivity contribution < 1.29 is 8.42 Å². The summed E-state index contributed by atoms with van der Waals surface area (Å²) in [5.41, 5.74) is 2.98. The van der Waals surface area contributed by atoms with Gasteiger partial charge in [0.05, 0.1) is 10.6 Å². The van der Waals surface area contributed by atoms with Gasteiger partial charge in [0, 0.05) is 6.54 Å². The van der Waals surface area contributed by atoms with Crippen molar-refractivity contribution in [3.8, 4) is 0 Å². The molecule has 0 amide bonds. The highest BCUT2D eigenvalue weighted by Gasteiger charge is 2.25. The number of anilines is 1. The van der Waals surface area contributed by atoms with Gasteiger partial charge in [-0.3, -0.25) is 4.31 Å². The van der Waals surface area contributed by atoms with Gasteiger partial charge in [-0.2, -0.15) is 0 Å². The van der Waals surface area contributed by atoms with Crippen LogP contribution in [0.3, 0.4) is 0 Å². The fourth-order valence-corrected chi connectivity index (χ4v) is 5.23. The van der Waals surface area contributed by atoms with Crippen molar-refractivity contribution in [2.24, 2.45) is 0 Å². The minimum absolute atomic E-state index is 0.335. The number of hydrogen-bond acceptors (Lipinski definition) is 3. The highest BCUT2D eigenvalue weighted by molar-refractivity contribution is 7.92. The van der Waals surface area contributed by atoms with Crippen LogP contribution >= 0.6 is 0 Å². The molecule has 0 saturated heterocycles. The van der Waals surface area contributed by atoms with Crippen molar-refractivity contribution in [1.29, 1.82) is 0 Å². The average molecular weight is 425 g/mol. The fourth-order valence-electron chi connectivity index (χ4n) is 3.70. The summed E-state index contributed by atoms with van der Waals surface area (Å²) in [6.07, 6.45) is 0.779. The predicted molar refractivity (Wildman–Crippen MR) is 127 cm³/mol. The molecule has 0 unspecified atom stereocenters. The van der Waals surface area contributed by atoms with Crippen LogP contribution in [0.25, 0.3) is 10.8 Å². The zero-order valence-electron chi connectivity index (χ0n) is 18.4. The lowest BCUT2D eigenvalue weighted by Gasteiger charge is -2.27. The third-order valence-electron chi connectivity index (χ3n) is 5.82. The number of fused-ring (bicyclic) bond motifs is 1. The molecule has 4 nitrogen and oxygen atoms in total. The maximum Gasteiger partial charge on any atom is 0.264 e. The van der Waals surface area contributed by atoms with Gasteiger partial charge in [-0.15, -0.1) is 0 Å². The molecule has 5 heteroatoms. The summed E-state index contributed by atoms with van der Waals surface area (Å²) in [4.78, 5) is 2.66. The third kappa shape index (κ3) is 4.85. The molecule has 3 aromatic carbocycles. The summed E-state index contributed by atoms with van der Waals surface area (Å²) >= 11 is 0. The molecule has 160 valence electrons. The zero-order chi connectivity index (χ0) is 21.7. The van der Waals surface area contributed by atoms with Gasteiger partial charge >= 0.3 is 0 Å². The second-order valence-electron chi connectivity index (χ2n) is 7.74. The van der Waals surface area contributed by atoms with Crippen LogP contribution in [-0.2, 0) is 10.0 Å². The SMILES string of the molecule is CCN(CC)CCCN(c1ccc(C)c(C)c1)S(=O)(=O)c1ccc2ccccc2c1. The number of aryl methyl sites for hydroxylation is 2. The first-order valence-electron chi connectivity index (χ1n) is 10.7. The van der Waals surface area contributed by atoms with E-state index < -0.39 is 10.0 Å². The third-order valence-corrected chi connectivity index (χ3v) is 7.64. The molecule has 0 aliphatic rings. The van der Waals surface area contributed by atoms with Crippen molar-refractivity contribution in [2.45, 2.75) is 39.0 Å². The number of sulfonamides is 1. The molecule has 30 heavy (non-hydrogen) atoms. The van der Waals surface area contributed by atoms with E-state index in [-0.39, 0.29) is 0 Å². The average Bonchev–Trinajstić information content (AvgIpc) is 2.75. The molecule has 0 aromatic heterocycles. The maximum absolute atomic E-state index is 13.7. The Morgan fingerprint density at radius 1 is 0.767 bits per heavy atom. The van der Waals surface area contributed by atoms with Gasteiger partial charge in [0.2, 0.25) is 0 Å². The van der Waals surface area contributed by atoms with Gasteiger partial charge in [0.1, 0.15) is 0 Å². The van der Waals surface area contributed by atoms with Crippen LogP contribution in [0.1, 0.15) is 31.4 Å². The second kappa shape index (κ2) is 9.63. The molecule has 0 N–H and O–H groups in total. The number of benzene rings is 3. The lowest BCUT2D eigenvalue weighted by molar-refractivity contribution is 0.302. The largest absolute Gasteiger partial charge is 0.304 e. The van der Waals surface area contributed by atoms with Crippen LogP contribution in [0, 0.1) is 13.8 Å². The minimum atomic E-state index is -3.67. The van der Waals surface area contributed by atoms with Gasteiger partial charge in [-0.25, -0.2) is 8.42 Å². The van der Waals surface area contributed by atoms with Crippen molar-refractivity contribution in [1.82, 2.24) is 4.90 Å². The van der Waals surface area contributed by atoms with Crippen molar-refractivity contribution in [2.75, 3.05) is 30.5 Å². The van der Waals surface area contributed by atoms with E-state index in [2.05, 4.69) is 18.7 Å². The fraction of sp³-hybridized carbons (Fsp3) is 0.360. The van der Waals surface area contributed by atoms with Crippen molar-refractivity contribution in [3.05, 3.63) is 71.8 Å². The molecule has 0 saturated carbocycles. The summed E-state index contributed by atoms with van der Waals surface area (Å²) in [6.45, 7) is 11.6. The summed E-state index contributed by atoms with van der Waals surface area (Å²) in [5.74, 6) is 0. The molecular weight excluding hydrogens is 392 g/mol. The van der Waals surface area contributed by atoms with E-state index in [0.717, 1.165) is 53.6 Å². The Labute approximate surface area is 181 Å². The first-order valence-corrected chi connectivity index (χ1v) is 12.1. The van der Waals surface area contributed by atoms with E-state index >= 15 is 0 Å². The molecule has 0 bridgehead atoms. The Kier molecular flexibility index (Phi) is 7.16. The standard InChI is InChI=1S/C25H32N2O2S/c1-5-26(6-2)16-9-17-27(24-14-12-20(3)21(4)18-24)30(28,29)25-15-13-22-10-7-8-11-23(22)19-25/h7-8,10-15,18-19H,5-6,9,16-17H2,1-4H3. The van der Waals surface area contributed by atoms with Crippen LogP contribution in [0.4, 0.5) is 5.69 Å². The molecule has 0 atom stereocenters. The second-order valence-corrected chi connectivity index (χ2v) is 9.60. The van der Waals surface area contributed by atoms with E-state index in [4.69, 9.17) is 0 Å². The van der Waals surface area contributed by atoms with Gasteiger partial charge in [-0.05, 0) is 86.1 Å². The Hall–Kier alpha value is -2.37. The molecule has 0 fully saturated rings. The summed E-state index contributed by atoms with van der Waals surface area (Å²) in [7, 11) is -3.67. The molecule has 0 heterocycles. The minimum Gasteiger partial charge on any atom is -0.304 e. The zero-order valence-corrected chi connectivity index (χ0v) is 19.2. The Morgan fingerprint density at radius 2 is 1.47 bits per heavy atom. The molecule has 0 aliphatic heterocycles. The van der Waals surface area contributed by atoms with Crippen LogP contribution in [-0.4, -0.2) is 39.5 Å². The van der Waals surface area contributed by atoms with Crippen molar-refractivity contribution in [3.63, 3.8) is 0 Å². The Bertz CT molecular complexity index is 1110. The number of hydrogen-bond donors (Lipinski definition) is 0. The van der Waals surface area contributed by atoms with E-state index in [9.17, 15) is 8.42 Å². The van der Waals surface area contributed by atoms with E-state index in [1.165, 1.54) is 0 Å². The number of nitrogens with zero attached hydrogens (tertiary/aromatic N) is 2. The summed E-state index contributed by atoms with van der Waals surface area (Å²) in [6, 6.07) is 19.1. The Balaban J connectivity index is 1.98. The topological polar surface area (TPSA) is 40.6 Å². The molecule has 0 aliphatic carbocycles. The molecule has 3 rings (SSSR count). The predicted octanol–water partition coefficient (Wildman–Crippen LogP) is 5.38. The first kappa shape index (κ1) is 22.3. The maximum atomic E-state index is 13.7.